The quantitative estimate of drug-likeness (QED) is 0.737. The zero-order valence-electron chi connectivity index (χ0n) is 10.4. The van der Waals surface area contributed by atoms with E-state index in [2.05, 4.69) is 5.32 Å². The van der Waals surface area contributed by atoms with E-state index < -0.39 is 37.1 Å². The number of nitrogens with one attached hydrogen (secondary N) is 2. The summed E-state index contributed by atoms with van der Waals surface area (Å²) in [4.78, 5) is 22.7. The number of benzene rings is 1. The molecule has 1 atom stereocenters. The third-order valence-electron chi connectivity index (χ3n) is 2.35. The molecule has 0 bridgehead atoms. The van der Waals surface area contributed by atoms with Crippen LogP contribution >= 0.6 is 0 Å². The number of carbonyl (C=O) groups is 2. The number of halogens is 3. The van der Waals surface area contributed by atoms with E-state index in [0.717, 1.165) is 0 Å². The molecule has 1 aromatic rings. The van der Waals surface area contributed by atoms with Crippen molar-refractivity contribution in [3.63, 3.8) is 0 Å². The van der Waals surface area contributed by atoms with E-state index in [-0.39, 0.29) is 0 Å². The van der Waals surface area contributed by atoms with E-state index in [1.807, 2.05) is 0 Å². The molecule has 4 N–H and O–H groups in total. The number of nitrogens with two attached hydrogens (primary N) is 1. The molecule has 2 amide bonds. The second kappa shape index (κ2) is 6.90. The lowest BCUT2D eigenvalue weighted by molar-refractivity contribution is -0.138. The largest absolute Gasteiger partial charge is 0.405 e. The highest BCUT2D eigenvalue weighted by Gasteiger charge is 2.27. The summed E-state index contributed by atoms with van der Waals surface area (Å²) in [5, 5.41) is 3.81. The number of hydrogen-bond acceptors (Lipinski definition) is 3. The highest BCUT2D eigenvalue weighted by Crippen LogP contribution is 2.12. The summed E-state index contributed by atoms with van der Waals surface area (Å²) >= 11 is 0. The van der Waals surface area contributed by atoms with Crippen LogP contribution in [-0.4, -0.2) is 31.1 Å². The maximum Gasteiger partial charge on any atom is 0.405 e. The van der Waals surface area contributed by atoms with E-state index in [0.29, 0.717) is 5.56 Å². The molecule has 110 valence electrons. The van der Waals surface area contributed by atoms with Gasteiger partial charge in [0.05, 0.1) is 6.54 Å². The zero-order valence-corrected chi connectivity index (χ0v) is 10.4. The van der Waals surface area contributed by atoms with Gasteiger partial charge in [0.1, 0.15) is 12.6 Å². The van der Waals surface area contributed by atoms with Crippen molar-refractivity contribution in [1.29, 1.82) is 0 Å². The smallest absolute Gasteiger partial charge is 0.345 e. The van der Waals surface area contributed by atoms with E-state index in [9.17, 15) is 22.8 Å². The van der Waals surface area contributed by atoms with Crippen LogP contribution < -0.4 is 16.4 Å². The first-order chi connectivity index (χ1) is 9.29. The standard InChI is InChI=1S/C12H14F3N3O2/c13-12(14,15)7-18-9(19)6-17-11(20)10(16)8-4-2-1-3-5-8/h1-5,10H,6-7,16H2,(H,17,20)(H,18,19). The summed E-state index contributed by atoms with van der Waals surface area (Å²) in [5.74, 6) is -1.57. The van der Waals surface area contributed by atoms with Gasteiger partial charge in [-0.3, -0.25) is 9.59 Å². The fourth-order valence-electron chi connectivity index (χ4n) is 1.35. The Morgan fingerprint density at radius 1 is 1.15 bits per heavy atom. The van der Waals surface area contributed by atoms with Crippen LogP contribution in [-0.2, 0) is 9.59 Å². The van der Waals surface area contributed by atoms with Crippen LogP contribution in [0.2, 0.25) is 0 Å². The van der Waals surface area contributed by atoms with Crippen LogP contribution in [0.25, 0.3) is 0 Å². The third-order valence-corrected chi connectivity index (χ3v) is 2.35. The summed E-state index contributed by atoms with van der Waals surface area (Å²) in [6.45, 7) is -2.00. The Labute approximate surface area is 113 Å². The number of alkyl halides is 3. The molecule has 0 radical (unpaired) electrons. The van der Waals surface area contributed by atoms with Gasteiger partial charge in [0.25, 0.3) is 0 Å². The van der Waals surface area contributed by atoms with Crippen molar-refractivity contribution < 1.29 is 22.8 Å². The average molecular weight is 289 g/mol. The Hall–Kier alpha value is -2.09. The molecular formula is C12H14F3N3O2. The van der Waals surface area contributed by atoms with E-state index >= 15 is 0 Å². The molecule has 0 aliphatic carbocycles. The van der Waals surface area contributed by atoms with Gasteiger partial charge in [-0.25, -0.2) is 0 Å². The number of hydrogen-bond donors (Lipinski definition) is 3. The van der Waals surface area contributed by atoms with E-state index in [1.165, 1.54) is 0 Å². The fourth-order valence-corrected chi connectivity index (χ4v) is 1.35. The van der Waals surface area contributed by atoms with Gasteiger partial charge in [-0.2, -0.15) is 13.2 Å². The van der Waals surface area contributed by atoms with Gasteiger partial charge in [0.2, 0.25) is 11.8 Å². The predicted molar refractivity (Wildman–Crippen MR) is 65.4 cm³/mol. The van der Waals surface area contributed by atoms with Gasteiger partial charge in [0.15, 0.2) is 0 Å². The van der Waals surface area contributed by atoms with Crippen molar-refractivity contribution in [2.75, 3.05) is 13.1 Å². The molecule has 0 saturated carbocycles. The molecule has 0 fully saturated rings. The first-order valence-electron chi connectivity index (χ1n) is 5.71. The summed E-state index contributed by atoms with van der Waals surface area (Å²) in [5.41, 5.74) is 6.19. The van der Waals surface area contributed by atoms with Gasteiger partial charge >= 0.3 is 6.18 Å². The highest BCUT2D eigenvalue weighted by molar-refractivity contribution is 5.88. The topological polar surface area (TPSA) is 84.2 Å². The monoisotopic (exact) mass is 289 g/mol. The summed E-state index contributed by atoms with van der Waals surface area (Å²) in [6, 6.07) is 7.42. The van der Waals surface area contributed by atoms with Crippen molar-refractivity contribution in [3.05, 3.63) is 35.9 Å². The summed E-state index contributed by atoms with van der Waals surface area (Å²) in [6.07, 6.45) is -4.49. The molecule has 1 rings (SSSR count). The van der Waals surface area contributed by atoms with Gasteiger partial charge in [0, 0.05) is 0 Å². The first-order valence-corrected chi connectivity index (χ1v) is 5.71. The molecule has 0 aliphatic heterocycles. The highest BCUT2D eigenvalue weighted by atomic mass is 19.4. The number of rotatable bonds is 5. The molecule has 0 heterocycles. The molecule has 20 heavy (non-hydrogen) atoms. The lowest BCUT2D eigenvalue weighted by atomic mass is 10.1. The molecule has 1 aromatic carbocycles. The Kier molecular flexibility index (Phi) is 5.51. The lowest BCUT2D eigenvalue weighted by Gasteiger charge is -2.13. The first kappa shape index (κ1) is 16.0. The minimum Gasteiger partial charge on any atom is -0.345 e. The Bertz CT molecular complexity index is 463. The lowest BCUT2D eigenvalue weighted by Crippen LogP contribution is -2.43. The molecule has 0 saturated heterocycles. The van der Waals surface area contributed by atoms with Gasteiger partial charge in [-0.05, 0) is 5.56 Å². The summed E-state index contributed by atoms with van der Waals surface area (Å²) in [7, 11) is 0. The Balaban J connectivity index is 2.38. The molecule has 8 heteroatoms. The van der Waals surface area contributed by atoms with Crippen LogP contribution in [0.4, 0.5) is 13.2 Å². The maximum atomic E-state index is 11.8. The average Bonchev–Trinajstić information content (AvgIpc) is 2.41. The minimum absolute atomic E-state index is 0.542. The van der Waals surface area contributed by atoms with Crippen LogP contribution in [0.15, 0.2) is 30.3 Å². The second-order valence-corrected chi connectivity index (χ2v) is 4.00. The fraction of sp³-hybridized carbons (Fsp3) is 0.333. The normalized spacial score (nSPS) is 12.6. The molecule has 5 nitrogen and oxygen atoms in total. The molecule has 0 aliphatic rings. The van der Waals surface area contributed by atoms with Crippen LogP contribution in [0, 0.1) is 0 Å². The van der Waals surface area contributed by atoms with Crippen molar-refractivity contribution in [1.82, 2.24) is 10.6 Å². The van der Waals surface area contributed by atoms with Crippen LogP contribution in [0.3, 0.4) is 0 Å². The predicted octanol–water partition coefficient (Wildman–Crippen LogP) is 0.481. The Morgan fingerprint density at radius 2 is 1.75 bits per heavy atom. The number of amides is 2. The van der Waals surface area contributed by atoms with Crippen molar-refractivity contribution >= 4 is 11.8 Å². The van der Waals surface area contributed by atoms with Gasteiger partial charge in [-0.1, -0.05) is 30.3 Å². The van der Waals surface area contributed by atoms with Crippen molar-refractivity contribution in [3.8, 4) is 0 Å². The molecular weight excluding hydrogens is 275 g/mol. The molecule has 0 spiro atoms. The second-order valence-electron chi connectivity index (χ2n) is 4.00. The molecule has 0 aromatic heterocycles. The van der Waals surface area contributed by atoms with E-state index in [1.54, 1.807) is 35.6 Å². The van der Waals surface area contributed by atoms with Crippen molar-refractivity contribution in [2.45, 2.75) is 12.2 Å². The Morgan fingerprint density at radius 3 is 2.30 bits per heavy atom. The molecule has 1 unspecified atom stereocenters. The van der Waals surface area contributed by atoms with Crippen LogP contribution in [0.1, 0.15) is 11.6 Å². The van der Waals surface area contributed by atoms with Crippen molar-refractivity contribution in [2.24, 2.45) is 5.73 Å². The zero-order chi connectivity index (χ0) is 15.2. The minimum atomic E-state index is -4.49. The maximum absolute atomic E-state index is 11.8. The number of carbonyl (C=O) groups excluding carboxylic acids is 2. The van der Waals surface area contributed by atoms with E-state index in [4.69, 9.17) is 5.73 Å². The summed E-state index contributed by atoms with van der Waals surface area (Å²) < 4.78 is 35.5. The SMILES string of the molecule is NC(C(=O)NCC(=O)NCC(F)(F)F)c1ccccc1. The third kappa shape index (κ3) is 5.70. The van der Waals surface area contributed by atoms with Crippen LogP contribution in [0.5, 0.6) is 0 Å². The van der Waals surface area contributed by atoms with Gasteiger partial charge in [-0.15, -0.1) is 0 Å². The van der Waals surface area contributed by atoms with Gasteiger partial charge < -0.3 is 16.4 Å².